The smallest absolute Gasteiger partial charge is 0.231 e. The van der Waals surface area contributed by atoms with E-state index in [4.69, 9.17) is 0 Å². The molecule has 4 heterocycles. The molecule has 0 bridgehead atoms. The predicted molar refractivity (Wildman–Crippen MR) is 97.5 cm³/mol. The van der Waals surface area contributed by atoms with Gasteiger partial charge >= 0.3 is 0 Å². The number of likely N-dealkylation sites (tertiary alicyclic amines) is 2. The molecule has 0 radical (unpaired) electrons. The molecule has 2 amide bonds. The molecule has 3 aliphatic rings. The van der Waals surface area contributed by atoms with Crippen molar-refractivity contribution >= 4 is 17.8 Å². The van der Waals surface area contributed by atoms with Crippen LogP contribution in [0.3, 0.4) is 0 Å². The van der Waals surface area contributed by atoms with Gasteiger partial charge in [-0.05, 0) is 32.3 Å². The molecule has 1 aromatic rings. The molecule has 0 aromatic carbocycles. The summed E-state index contributed by atoms with van der Waals surface area (Å²) < 4.78 is 0. The van der Waals surface area contributed by atoms with Crippen molar-refractivity contribution in [3.8, 4) is 0 Å². The minimum Gasteiger partial charge on any atom is -0.343 e. The van der Waals surface area contributed by atoms with Crippen LogP contribution in [-0.4, -0.2) is 70.9 Å². The molecule has 1 aromatic heterocycles. The van der Waals surface area contributed by atoms with Crippen molar-refractivity contribution in [2.45, 2.75) is 33.1 Å². The second-order valence-corrected chi connectivity index (χ2v) is 7.91. The van der Waals surface area contributed by atoms with Gasteiger partial charge in [0.05, 0.1) is 5.41 Å². The van der Waals surface area contributed by atoms with Gasteiger partial charge in [0.25, 0.3) is 0 Å². The maximum atomic E-state index is 13.4. The summed E-state index contributed by atoms with van der Waals surface area (Å²) in [7, 11) is 0. The Hall–Kier alpha value is -2.18. The lowest BCUT2D eigenvalue weighted by atomic mass is 9.60. The fourth-order valence-corrected chi connectivity index (χ4v) is 5.33. The van der Waals surface area contributed by atoms with Gasteiger partial charge in [-0.1, -0.05) is 0 Å². The third-order valence-electron chi connectivity index (χ3n) is 6.86. The van der Waals surface area contributed by atoms with Crippen LogP contribution in [0, 0.1) is 10.8 Å². The van der Waals surface area contributed by atoms with E-state index in [1.54, 1.807) is 19.3 Å². The summed E-state index contributed by atoms with van der Waals surface area (Å²) in [5.74, 6) is 1.12. The van der Waals surface area contributed by atoms with Gasteiger partial charge in [0.1, 0.15) is 0 Å². The highest BCUT2D eigenvalue weighted by molar-refractivity contribution is 5.87. The summed E-state index contributed by atoms with van der Waals surface area (Å²) in [6, 6.07) is 1.82. The fourth-order valence-electron chi connectivity index (χ4n) is 5.33. The van der Waals surface area contributed by atoms with E-state index in [9.17, 15) is 9.59 Å². The first-order chi connectivity index (χ1) is 12.5. The van der Waals surface area contributed by atoms with E-state index < -0.39 is 0 Å². The summed E-state index contributed by atoms with van der Waals surface area (Å²) in [6.45, 7) is 8.23. The number of nitrogens with zero attached hydrogens (tertiary/aromatic N) is 5. The molecule has 0 aliphatic carbocycles. The number of carbonyl (C=O) groups is 2. The Morgan fingerprint density at radius 3 is 2.38 bits per heavy atom. The maximum Gasteiger partial charge on any atom is 0.231 e. The molecule has 1 atom stereocenters. The summed E-state index contributed by atoms with van der Waals surface area (Å²) in [4.78, 5) is 40.1. The first-order valence-corrected chi connectivity index (χ1v) is 9.58. The summed E-state index contributed by atoms with van der Waals surface area (Å²) in [5.41, 5.74) is -0.468. The van der Waals surface area contributed by atoms with Crippen molar-refractivity contribution in [1.29, 1.82) is 0 Å². The molecule has 0 N–H and O–H groups in total. The number of piperidine rings is 1. The average Bonchev–Trinajstić information content (AvgIpc) is 3.15. The van der Waals surface area contributed by atoms with Gasteiger partial charge in [-0.2, -0.15) is 0 Å². The summed E-state index contributed by atoms with van der Waals surface area (Å²) in [5, 5.41) is 0. The number of carbonyl (C=O) groups excluding carboxylic acids is 2. The standard InChI is InChI=1S/C19H27N5O2/c1-3-22-12-7-19(16(22)26)14-24(17-20-8-4-9-21-17)13-18(19)5-10-23(11-6-18)15(2)25/h4,8-9H,3,5-7,10-14H2,1-2H3. The van der Waals surface area contributed by atoms with Gasteiger partial charge < -0.3 is 14.7 Å². The Labute approximate surface area is 154 Å². The Morgan fingerprint density at radius 2 is 1.81 bits per heavy atom. The zero-order valence-electron chi connectivity index (χ0n) is 15.6. The van der Waals surface area contributed by atoms with Crippen LogP contribution in [0.15, 0.2) is 18.5 Å². The second-order valence-electron chi connectivity index (χ2n) is 7.91. The van der Waals surface area contributed by atoms with Gasteiger partial charge in [-0.25, -0.2) is 9.97 Å². The SMILES string of the molecule is CCN1CCC2(CN(c3ncccn3)CC23CCN(C(C)=O)CC3)C1=O. The van der Waals surface area contributed by atoms with Crippen molar-refractivity contribution < 1.29 is 9.59 Å². The molecule has 7 heteroatoms. The molecule has 3 fully saturated rings. The fraction of sp³-hybridized carbons (Fsp3) is 0.684. The zero-order valence-corrected chi connectivity index (χ0v) is 15.6. The van der Waals surface area contributed by atoms with E-state index >= 15 is 0 Å². The quantitative estimate of drug-likeness (QED) is 0.795. The first kappa shape index (κ1) is 17.2. The molecule has 2 spiro atoms. The summed E-state index contributed by atoms with van der Waals surface area (Å²) >= 11 is 0. The third-order valence-corrected chi connectivity index (χ3v) is 6.86. The van der Waals surface area contributed by atoms with Crippen molar-refractivity contribution in [2.75, 3.05) is 44.2 Å². The van der Waals surface area contributed by atoms with Gasteiger partial charge in [-0.15, -0.1) is 0 Å². The number of hydrogen-bond acceptors (Lipinski definition) is 5. The molecule has 140 valence electrons. The molecule has 3 aliphatic heterocycles. The van der Waals surface area contributed by atoms with E-state index in [0.29, 0.717) is 12.5 Å². The number of aromatic nitrogens is 2. The molecule has 4 rings (SSSR count). The average molecular weight is 357 g/mol. The Morgan fingerprint density at radius 1 is 1.12 bits per heavy atom. The molecule has 0 saturated carbocycles. The van der Waals surface area contributed by atoms with Crippen LogP contribution in [0.1, 0.15) is 33.1 Å². The molecule has 3 saturated heterocycles. The van der Waals surface area contributed by atoms with Gasteiger partial charge in [0.2, 0.25) is 17.8 Å². The van der Waals surface area contributed by atoms with Crippen LogP contribution in [0.4, 0.5) is 5.95 Å². The first-order valence-electron chi connectivity index (χ1n) is 9.58. The van der Waals surface area contributed by atoms with E-state index in [2.05, 4.69) is 21.8 Å². The Bertz CT molecular complexity index is 701. The molecule has 7 nitrogen and oxygen atoms in total. The zero-order chi connectivity index (χ0) is 18.4. The van der Waals surface area contributed by atoms with Crippen LogP contribution >= 0.6 is 0 Å². The number of hydrogen-bond donors (Lipinski definition) is 0. The van der Waals surface area contributed by atoms with Crippen molar-refractivity contribution in [3.05, 3.63) is 18.5 Å². The summed E-state index contributed by atoms with van der Waals surface area (Å²) in [6.07, 6.45) is 6.15. The Balaban J connectivity index is 1.68. The number of amides is 2. The minimum absolute atomic E-state index is 0.0981. The van der Waals surface area contributed by atoms with Crippen molar-refractivity contribution in [3.63, 3.8) is 0 Å². The van der Waals surface area contributed by atoms with Gasteiger partial charge in [0.15, 0.2) is 0 Å². The number of rotatable bonds is 2. The van der Waals surface area contributed by atoms with Crippen LogP contribution < -0.4 is 4.90 Å². The maximum absolute atomic E-state index is 13.4. The van der Waals surface area contributed by atoms with Crippen molar-refractivity contribution in [1.82, 2.24) is 19.8 Å². The molecular weight excluding hydrogens is 330 g/mol. The minimum atomic E-state index is -0.370. The van der Waals surface area contributed by atoms with Crippen molar-refractivity contribution in [2.24, 2.45) is 10.8 Å². The topological polar surface area (TPSA) is 69.6 Å². The molecular formula is C19H27N5O2. The highest BCUT2D eigenvalue weighted by Crippen LogP contribution is 2.58. The lowest BCUT2D eigenvalue weighted by molar-refractivity contribution is -0.143. The molecule has 1 unspecified atom stereocenters. The van der Waals surface area contributed by atoms with E-state index in [1.165, 1.54) is 0 Å². The van der Waals surface area contributed by atoms with E-state index in [1.807, 2.05) is 15.9 Å². The highest BCUT2D eigenvalue weighted by atomic mass is 16.2. The van der Waals surface area contributed by atoms with Gasteiger partial charge in [0, 0.05) is 64.0 Å². The lowest BCUT2D eigenvalue weighted by Crippen LogP contribution is -2.53. The molecule has 26 heavy (non-hydrogen) atoms. The third kappa shape index (κ3) is 2.40. The van der Waals surface area contributed by atoms with Crippen LogP contribution in [0.25, 0.3) is 0 Å². The van der Waals surface area contributed by atoms with Crippen LogP contribution in [0.2, 0.25) is 0 Å². The van der Waals surface area contributed by atoms with Crippen LogP contribution in [0.5, 0.6) is 0 Å². The van der Waals surface area contributed by atoms with Crippen LogP contribution in [-0.2, 0) is 9.59 Å². The Kier molecular flexibility index (Phi) is 4.12. The predicted octanol–water partition coefficient (Wildman–Crippen LogP) is 1.16. The lowest BCUT2D eigenvalue weighted by Gasteiger charge is -2.46. The van der Waals surface area contributed by atoms with E-state index in [-0.39, 0.29) is 22.6 Å². The normalized spacial score (nSPS) is 27.8. The van der Waals surface area contributed by atoms with E-state index in [0.717, 1.165) is 52.0 Å². The number of fused-ring (bicyclic) bond motifs is 1. The largest absolute Gasteiger partial charge is 0.343 e. The highest BCUT2D eigenvalue weighted by Gasteiger charge is 2.65. The number of anilines is 1. The second kappa shape index (κ2) is 6.21. The van der Waals surface area contributed by atoms with Gasteiger partial charge in [-0.3, -0.25) is 9.59 Å². The monoisotopic (exact) mass is 357 g/mol.